The Morgan fingerprint density at radius 3 is 2.57 bits per heavy atom. The number of thiol groups is 1. The molecule has 1 unspecified atom stereocenters. The summed E-state index contributed by atoms with van der Waals surface area (Å²) in [5.74, 6) is -0.875. The molecule has 0 aliphatic carbocycles. The number of nitrogens with zero attached hydrogens (tertiary/aromatic N) is 1. The lowest BCUT2D eigenvalue weighted by molar-refractivity contribution is -0.135. The predicted octanol–water partition coefficient (Wildman–Crippen LogP) is 1.11. The number of nitrogens with two attached hydrogens (primary N) is 2. The maximum absolute atomic E-state index is 11.0. The van der Waals surface area contributed by atoms with Crippen LogP contribution in [0.25, 0.3) is 0 Å². The number of hydrogen-bond donors (Lipinski definition) is 4. The van der Waals surface area contributed by atoms with E-state index >= 15 is 0 Å². The van der Waals surface area contributed by atoms with Gasteiger partial charge in [0.1, 0.15) is 6.54 Å². The van der Waals surface area contributed by atoms with Crippen LogP contribution < -0.4 is 16.4 Å². The summed E-state index contributed by atoms with van der Waals surface area (Å²) < 4.78 is 0. The first-order valence-electron chi connectivity index (χ1n) is 6.97. The fraction of sp³-hybridized carbons (Fsp3) is 0.533. The molecule has 1 atom stereocenters. The second kappa shape index (κ2) is 7.68. The van der Waals surface area contributed by atoms with E-state index in [1.165, 1.54) is 0 Å². The standard InChI is InChI=1S/C15H25N3O2S/c1-15(2,17)13(21)9-11-5-3-4-6-12(11)18(8-7-16)10-14(19)20/h3-6,13,21H,7-10,16-17H2,1-2H3,(H,19,20). The summed E-state index contributed by atoms with van der Waals surface area (Å²) >= 11 is 4.58. The second-order valence-electron chi connectivity index (χ2n) is 5.77. The molecular formula is C15H25N3O2S. The van der Waals surface area contributed by atoms with Crippen molar-refractivity contribution in [2.45, 2.75) is 31.1 Å². The lowest BCUT2D eigenvalue weighted by Crippen LogP contribution is -2.43. The molecule has 0 spiro atoms. The minimum Gasteiger partial charge on any atom is -0.480 e. The number of aliphatic carboxylic acids is 1. The van der Waals surface area contributed by atoms with Gasteiger partial charge in [-0.2, -0.15) is 12.6 Å². The van der Waals surface area contributed by atoms with Gasteiger partial charge in [-0.1, -0.05) is 18.2 Å². The van der Waals surface area contributed by atoms with Gasteiger partial charge >= 0.3 is 5.97 Å². The first kappa shape index (κ1) is 17.8. The third-order valence-corrected chi connectivity index (χ3v) is 4.18. The van der Waals surface area contributed by atoms with Gasteiger partial charge in [-0.3, -0.25) is 4.79 Å². The first-order chi connectivity index (χ1) is 9.75. The van der Waals surface area contributed by atoms with Crippen LogP contribution in [-0.2, 0) is 11.2 Å². The minimum atomic E-state index is -0.875. The largest absolute Gasteiger partial charge is 0.480 e. The number of carboxylic acids is 1. The van der Waals surface area contributed by atoms with E-state index in [0.29, 0.717) is 19.5 Å². The van der Waals surface area contributed by atoms with E-state index < -0.39 is 11.5 Å². The highest BCUT2D eigenvalue weighted by Gasteiger charge is 2.23. The molecule has 0 aliphatic heterocycles. The van der Waals surface area contributed by atoms with Crippen LogP contribution in [0.15, 0.2) is 24.3 Å². The highest BCUT2D eigenvalue weighted by Crippen LogP contribution is 2.25. The quantitative estimate of drug-likeness (QED) is 0.540. The van der Waals surface area contributed by atoms with Crippen molar-refractivity contribution in [1.82, 2.24) is 0 Å². The molecule has 6 heteroatoms. The van der Waals surface area contributed by atoms with Gasteiger partial charge in [0.15, 0.2) is 0 Å². The summed E-state index contributed by atoms with van der Waals surface area (Å²) in [6, 6.07) is 7.73. The van der Waals surface area contributed by atoms with E-state index in [9.17, 15) is 4.79 Å². The third kappa shape index (κ3) is 5.57. The van der Waals surface area contributed by atoms with Crippen LogP contribution in [0.4, 0.5) is 5.69 Å². The molecule has 0 saturated heterocycles. The van der Waals surface area contributed by atoms with Gasteiger partial charge in [0.25, 0.3) is 0 Å². The molecule has 5 N–H and O–H groups in total. The molecular weight excluding hydrogens is 286 g/mol. The lowest BCUT2D eigenvalue weighted by Gasteiger charge is -2.29. The van der Waals surface area contributed by atoms with Crippen molar-refractivity contribution in [2.75, 3.05) is 24.5 Å². The van der Waals surface area contributed by atoms with E-state index in [1.807, 2.05) is 38.1 Å². The molecule has 0 saturated carbocycles. The van der Waals surface area contributed by atoms with Crippen molar-refractivity contribution in [3.05, 3.63) is 29.8 Å². The van der Waals surface area contributed by atoms with Crippen LogP contribution in [0.5, 0.6) is 0 Å². The van der Waals surface area contributed by atoms with E-state index in [0.717, 1.165) is 11.3 Å². The van der Waals surface area contributed by atoms with Crippen molar-refractivity contribution in [1.29, 1.82) is 0 Å². The first-order valence-corrected chi connectivity index (χ1v) is 7.49. The van der Waals surface area contributed by atoms with Crippen LogP contribution in [0, 0.1) is 0 Å². The van der Waals surface area contributed by atoms with Crippen molar-refractivity contribution in [3.63, 3.8) is 0 Å². The Labute approximate surface area is 131 Å². The topological polar surface area (TPSA) is 92.6 Å². The number of carbonyl (C=O) groups is 1. The highest BCUT2D eigenvalue weighted by molar-refractivity contribution is 7.81. The molecule has 0 aromatic heterocycles. The number of carboxylic acid groups (broad SMARTS) is 1. The molecule has 0 heterocycles. The van der Waals surface area contributed by atoms with Crippen LogP contribution in [0.1, 0.15) is 19.4 Å². The maximum Gasteiger partial charge on any atom is 0.323 e. The molecule has 0 fully saturated rings. The molecule has 1 rings (SSSR count). The highest BCUT2D eigenvalue weighted by atomic mass is 32.1. The van der Waals surface area contributed by atoms with E-state index in [4.69, 9.17) is 16.6 Å². The van der Waals surface area contributed by atoms with Gasteiger partial charge in [-0.15, -0.1) is 0 Å². The fourth-order valence-corrected chi connectivity index (χ4v) is 2.26. The second-order valence-corrected chi connectivity index (χ2v) is 6.40. The summed E-state index contributed by atoms with van der Waals surface area (Å²) in [4.78, 5) is 12.8. The summed E-state index contributed by atoms with van der Waals surface area (Å²) in [7, 11) is 0. The van der Waals surface area contributed by atoms with Crippen molar-refractivity contribution in [3.8, 4) is 0 Å². The monoisotopic (exact) mass is 311 g/mol. The summed E-state index contributed by atoms with van der Waals surface area (Å²) in [5.41, 5.74) is 13.2. The fourth-order valence-electron chi connectivity index (χ4n) is 2.07. The zero-order valence-electron chi connectivity index (χ0n) is 12.6. The van der Waals surface area contributed by atoms with Crippen molar-refractivity contribution < 1.29 is 9.90 Å². The number of para-hydroxylation sites is 1. The van der Waals surface area contributed by atoms with Gasteiger partial charge in [0.2, 0.25) is 0 Å². The Hall–Kier alpha value is -1.24. The Balaban J connectivity index is 3.03. The third-order valence-electron chi connectivity index (χ3n) is 3.33. The molecule has 118 valence electrons. The van der Waals surface area contributed by atoms with Gasteiger partial charge in [-0.25, -0.2) is 0 Å². The van der Waals surface area contributed by atoms with Gasteiger partial charge in [0.05, 0.1) is 0 Å². The van der Waals surface area contributed by atoms with Gasteiger partial charge in [-0.05, 0) is 31.9 Å². The lowest BCUT2D eigenvalue weighted by atomic mass is 9.94. The average Bonchev–Trinajstić information content (AvgIpc) is 2.37. The van der Waals surface area contributed by atoms with Crippen molar-refractivity contribution >= 4 is 24.3 Å². The molecule has 0 amide bonds. The maximum atomic E-state index is 11.0. The Morgan fingerprint density at radius 2 is 2.05 bits per heavy atom. The van der Waals surface area contributed by atoms with E-state index in [1.54, 1.807) is 4.90 Å². The molecule has 21 heavy (non-hydrogen) atoms. The van der Waals surface area contributed by atoms with E-state index in [2.05, 4.69) is 12.6 Å². The molecule has 5 nitrogen and oxygen atoms in total. The number of anilines is 1. The van der Waals surface area contributed by atoms with Crippen LogP contribution in [0.3, 0.4) is 0 Å². The Bertz CT molecular complexity index is 474. The summed E-state index contributed by atoms with van der Waals surface area (Å²) in [5, 5.41) is 9.03. The normalized spacial score (nSPS) is 13.0. The zero-order valence-corrected chi connectivity index (χ0v) is 13.5. The smallest absolute Gasteiger partial charge is 0.323 e. The van der Waals surface area contributed by atoms with E-state index in [-0.39, 0.29) is 11.8 Å². The van der Waals surface area contributed by atoms with Crippen LogP contribution in [-0.4, -0.2) is 41.5 Å². The minimum absolute atomic E-state index is 0.0248. The summed E-state index contributed by atoms with van der Waals surface area (Å²) in [6.07, 6.45) is 0.670. The zero-order chi connectivity index (χ0) is 16.0. The van der Waals surface area contributed by atoms with Crippen LogP contribution >= 0.6 is 12.6 Å². The van der Waals surface area contributed by atoms with Crippen molar-refractivity contribution in [2.24, 2.45) is 11.5 Å². The predicted molar refractivity (Wildman–Crippen MR) is 90.1 cm³/mol. The summed E-state index contributed by atoms with van der Waals surface area (Å²) in [6.45, 7) is 4.68. The number of hydrogen-bond acceptors (Lipinski definition) is 5. The number of benzene rings is 1. The molecule has 0 bridgehead atoms. The SMILES string of the molecule is CC(C)(N)C(S)Cc1ccccc1N(CCN)CC(=O)O. The van der Waals surface area contributed by atoms with Gasteiger partial charge in [0, 0.05) is 29.6 Å². The molecule has 0 radical (unpaired) electrons. The van der Waals surface area contributed by atoms with Gasteiger partial charge < -0.3 is 21.5 Å². The Morgan fingerprint density at radius 1 is 1.43 bits per heavy atom. The molecule has 1 aromatic rings. The molecule has 0 aliphatic rings. The average molecular weight is 311 g/mol. The molecule has 1 aromatic carbocycles. The Kier molecular flexibility index (Phi) is 6.51. The van der Waals surface area contributed by atoms with Crippen LogP contribution in [0.2, 0.25) is 0 Å². The number of rotatable bonds is 8.